The zero-order valence-electron chi connectivity index (χ0n) is 13.7. The molecule has 2 aromatic carbocycles. The van der Waals surface area contributed by atoms with E-state index in [2.05, 4.69) is 0 Å². The molecule has 0 aromatic heterocycles. The number of aldehydes is 1. The van der Waals surface area contributed by atoms with Gasteiger partial charge in [-0.2, -0.15) is 0 Å². The van der Waals surface area contributed by atoms with Gasteiger partial charge in [0.25, 0.3) is 0 Å². The highest BCUT2D eigenvalue weighted by Crippen LogP contribution is 2.33. The number of benzene rings is 2. The van der Waals surface area contributed by atoms with E-state index >= 15 is 0 Å². The van der Waals surface area contributed by atoms with Crippen molar-refractivity contribution in [2.75, 3.05) is 14.2 Å². The third-order valence-electron chi connectivity index (χ3n) is 3.63. The third kappa shape index (κ3) is 3.78. The fourth-order valence-electron chi connectivity index (χ4n) is 2.27. The molecule has 2 N–H and O–H groups in total. The Morgan fingerprint density at radius 3 is 2.33 bits per heavy atom. The molecule has 0 aliphatic heterocycles. The Morgan fingerprint density at radius 1 is 1.00 bits per heavy atom. The third-order valence-corrected chi connectivity index (χ3v) is 3.63. The molecule has 0 unspecified atom stereocenters. The van der Waals surface area contributed by atoms with Crippen molar-refractivity contribution < 1.29 is 29.2 Å². The lowest BCUT2D eigenvalue weighted by Crippen LogP contribution is -2.22. The molecule has 6 nitrogen and oxygen atoms in total. The largest absolute Gasteiger partial charge is 0.504 e. The summed E-state index contributed by atoms with van der Waals surface area (Å²) in [4.78, 5) is 10.8. The predicted octanol–water partition coefficient (Wildman–Crippen LogP) is 2.72. The van der Waals surface area contributed by atoms with Crippen molar-refractivity contribution in [2.45, 2.75) is 19.1 Å². The van der Waals surface area contributed by atoms with Gasteiger partial charge in [-0.05, 0) is 42.8 Å². The smallest absolute Gasteiger partial charge is 0.161 e. The summed E-state index contributed by atoms with van der Waals surface area (Å²) in [5.74, 6) is 1.09. The number of methoxy groups -OCH3 is 2. The van der Waals surface area contributed by atoms with Gasteiger partial charge in [-0.3, -0.25) is 4.79 Å². The van der Waals surface area contributed by atoms with Crippen LogP contribution < -0.4 is 14.2 Å². The number of rotatable bonds is 7. The maximum Gasteiger partial charge on any atom is 0.161 e. The fourth-order valence-corrected chi connectivity index (χ4v) is 2.27. The van der Waals surface area contributed by atoms with E-state index in [0.29, 0.717) is 28.9 Å². The molecule has 0 aliphatic rings. The Morgan fingerprint density at radius 2 is 1.71 bits per heavy atom. The van der Waals surface area contributed by atoms with Gasteiger partial charge in [-0.15, -0.1) is 0 Å². The number of carbonyl (C=O) groups is 1. The molecule has 0 radical (unpaired) electrons. The molecule has 0 fully saturated rings. The lowest BCUT2D eigenvalue weighted by Gasteiger charge is -2.22. The van der Waals surface area contributed by atoms with Gasteiger partial charge in [0.05, 0.1) is 14.2 Å². The summed E-state index contributed by atoms with van der Waals surface area (Å²) in [6.07, 6.45) is -0.835. The lowest BCUT2D eigenvalue weighted by atomic mass is 10.0. The molecular formula is C18H20O6. The van der Waals surface area contributed by atoms with E-state index in [-0.39, 0.29) is 11.5 Å². The van der Waals surface area contributed by atoms with Crippen molar-refractivity contribution in [3.05, 3.63) is 47.5 Å². The first-order chi connectivity index (χ1) is 11.5. The lowest BCUT2D eigenvalue weighted by molar-refractivity contribution is 0.0449. The monoisotopic (exact) mass is 332 g/mol. The van der Waals surface area contributed by atoms with E-state index in [0.717, 1.165) is 0 Å². The van der Waals surface area contributed by atoms with Crippen molar-refractivity contribution in [1.29, 1.82) is 0 Å². The highest BCUT2D eigenvalue weighted by Gasteiger charge is 2.21. The second-order valence-corrected chi connectivity index (χ2v) is 5.23. The van der Waals surface area contributed by atoms with Gasteiger partial charge in [0.15, 0.2) is 23.0 Å². The summed E-state index contributed by atoms with van der Waals surface area (Å²) in [7, 11) is 2.91. The van der Waals surface area contributed by atoms with Gasteiger partial charge >= 0.3 is 0 Å². The normalized spacial score (nSPS) is 13.0. The number of aromatic hydroxyl groups is 1. The van der Waals surface area contributed by atoms with Crippen LogP contribution in [0.5, 0.6) is 23.0 Å². The van der Waals surface area contributed by atoms with Crippen LogP contribution in [0.4, 0.5) is 0 Å². The van der Waals surface area contributed by atoms with Crippen molar-refractivity contribution in [3.63, 3.8) is 0 Å². The molecule has 2 atom stereocenters. The first-order valence-electron chi connectivity index (χ1n) is 7.35. The maximum absolute atomic E-state index is 10.8. The molecule has 2 rings (SSSR count). The van der Waals surface area contributed by atoms with Gasteiger partial charge in [-0.1, -0.05) is 6.07 Å². The zero-order valence-corrected chi connectivity index (χ0v) is 13.7. The fraction of sp³-hybridized carbons (Fsp3) is 0.278. The first kappa shape index (κ1) is 17.6. The van der Waals surface area contributed by atoms with Crippen LogP contribution in [0.1, 0.15) is 28.9 Å². The topological polar surface area (TPSA) is 85.2 Å². The van der Waals surface area contributed by atoms with Crippen LogP contribution in [0.2, 0.25) is 0 Å². The Balaban J connectivity index is 2.20. The van der Waals surface area contributed by atoms with Gasteiger partial charge in [0.1, 0.15) is 18.5 Å². The van der Waals surface area contributed by atoms with Gasteiger partial charge in [-0.25, -0.2) is 0 Å². The molecule has 0 spiro atoms. The molecule has 0 heterocycles. The highest BCUT2D eigenvalue weighted by atomic mass is 16.5. The molecule has 6 heteroatoms. The summed E-state index contributed by atoms with van der Waals surface area (Å²) >= 11 is 0. The van der Waals surface area contributed by atoms with Crippen LogP contribution in [0, 0.1) is 0 Å². The number of hydrogen-bond acceptors (Lipinski definition) is 6. The van der Waals surface area contributed by atoms with Gasteiger partial charge < -0.3 is 24.4 Å². The van der Waals surface area contributed by atoms with Crippen molar-refractivity contribution in [3.8, 4) is 23.0 Å². The van der Waals surface area contributed by atoms with Crippen molar-refractivity contribution >= 4 is 6.29 Å². The average Bonchev–Trinajstić information content (AvgIpc) is 2.61. The molecule has 2 aromatic rings. The van der Waals surface area contributed by atoms with E-state index in [1.165, 1.54) is 20.3 Å². The predicted molar refractivity (Wildman–Crippen MR) is 88.1 cm³/mol. The summed E-state index contributed by atoms with van der Waals surface area (Å²) in [5, 5.41) is 20.1. The molecule has 0 bridgehead atoms. The number of aliphatic hydroxyl groups is 1. The minimum absolute atomic E-state index is 0.00635. The maximum atomic E-state index is 10.8. The minimum Gasteiger partial charge on any atom is -0.504 e. The molecule has 0 saturated heterocycles. The number of aliphatic hydroxyl groups excluding tert-OH is 1. The van der Waals surface area contributed by atoms with Crippen LogP contribution in [-0.2, 0) is 0 Å². The second kappa shape index (κ2) is 7.70. The summed E-state index contributed by atoms with van der Waals surface area (Å²) in [6, 6.07) is 9.37. The van der Waals surface area contributed by atoms with Crippen LogP contribution in [0.15, 0.2) is 36.4 Å². The summed E-state index contributed by atoms with van der Waals surface area (Å²) < 4.78 is 16.0. The number of carbonyl (C=O) groups excluding carboxylic acids is 1. The highest BCUT2D eigenvalue weighted by molar-refractivity contribution is 5.76. The van der Waals surface area contributed by atoms with E-state index in [1.54, 1.807) is 37.3 Å². The van der Waals surface area contributed by atoms with Gasteiger partial charge in [0.2, 0.25) is 0 Å². The number of phenolic OH excluding ortho intramolecular Hbond substituents is 1. The van der Waals surface area contributed by atoms with Gasteiger partial charge in [0, 0.05) is 5.56 Å². The van der Waals surface area contributed by atoms with E-state index in [4.69, 9.17) is 14.2 Å². The Kier molecular flexibility index (Phi) is 5.65. The SMILES string of the molecule is COc1cc([C@@H](O)[C@H](C)Oc2ccc(C=O)cc2OC)ccc1O. The van der Waals surface area contributed by atoms with Crippen LogP contribution in [0.3, 0.4) is 0 Å². The van der Waals surface area contributed by atoms with Crippen LogP contribution in [-0.4, -0.2) is 36.8 Å². The minimum atomic E-state index is -0.949. The number of ether oxygens (including phenoxy) is 3. The molecule has 128 valence electrons. The van der Waals surface area contributed by atoms with Crippen molar-refractivity contribution in [1.82, 2.24) is 0 Å². The Hall–Kier alpha value is -2.73. The Bertz CT molecular complexity index is 713. The molecule has 0 aliphatic carbocycles. The van der Waals surface area contributed by atoms with Crippen LogP contribution in [0.25, 0.3) is 0 Å². The summed E-state index contributed by atoms with van der Waals surface area (Å²) in [6.45, 7) is 1.71. The first-order valence-corrected chi connectivity index (χ1v) is 7.35. The average molecular weight is 332 g/mol. The molecular weight excluding hydrogens is 312 g/mol. The summed E-state index contributed by atoms with van der Waals surface area (Å²) in [5.41, 5.74) is 1.01. The Labute approximate surface area is 140 Å². The van der Waals surface area contributed by atoms with Crippen molar-refractivity contribution in [2.24, 2.45) is 0 Å². The van der Waals surface area contributed by atoms with Crippen LogP contribution >= 0.6 is 0 Å². The number of phenols is 1. The van der Waals surface area contributed by atoms with E-state index < -0.39 is 12.2 Å². The van der Waals surface area contributed by atoms with E-state index in [1.807, 2.05) is 0 Å². The molecule has 0 saturated carbocycles. The molecule has 0 amide bonds. The van der Waals surface area contributed by atoms with E-state index in [9.17, 15) is 15.0 Å². The zero-order chi connectivity index (χ0) is 17.7. The molecule has 24 heavy (non-hydrogen) atoms. The number of hydrogen-bond donors (Lipinski definition) is 2. The second-order valence-electron chi connectivity index (χ2n) is 5.23. The standard InChI is InChI=1S/C18H20O6/c1-11(18(21)13-5-6-14(20)16(9-13)22-2)24-15-7-4-12(10-19)8-17(15)23-3/h4-11,18,20-21H,1-3H3/t11-,18-/m0/s1. The quantitative estimate of drug-likeness (QED) is 0.758.